The minimum Gasteiger partial charge on any atom is -0.462 e. The molecule has 6 nitrogen and oxygen atoms in total. The average molecular weight is 1070 g/mol. The number of ether oxygens (including phenoxy) is 3. The van der Waals surface area contributed by atoms with Gasteiger partial charge < -0.3 is 14.2 Å². The monoisotopic (exact) mass is 1070 g/mol. The minimum absolute atomic E-state index is 0.0901. The van der Waals surface area contributed by atoms with E-state index in [1.54, 1.807) is 0 Å². The van der Waals surface area contributed by atoms with Crippen LogP contribution in [-0.2, 0) is 28.6 Å². The Morgan fingerprint density at radius 3 is 0.805 bits per heavy atom. The Labute approximate surface area is 475 Å². The van der Waals surface area contributed by atoms with Crippen LogP contribution in [0.15, 0.2) is 122 Å². The molecule has 0 rings (SSSR count). The van der Waals surface area contributed by atoms with Gasteiger partial charge in [0.15, 0.2) is 6.10 Å². The molecule has 0 saturated carbocycles. The number of carbonyl (C=O) groups is 3. The van der Waals surface area contributed by atoms with Gasteiger partial charge in [0.05, 0.1) is 0 Å². The fraction of sp³-hybridized carbons (Fsp3) is 0.676. The van der Waals surface area contributed by atoms with Crippen LogP contribution in [0.5, 0.6) is 0 Å². The molecule has 0 fully saturated rings. The summed E-state index contributed by atoms with van der Waals surface area (Å²) in [6.45, 7) is 6.37. The van der Waals surface area contributed by atoms with Crippen molar-refractivity contribution < 1.29 is 28.6 Å². The summed E-state index contributed by atoms with van der Waals surface area (Å²) in [6.07, 6.45) is 89.2. The summed E-state index contributed by atoms with van der Waals surface area (Å²) in [6, 6.07) is 0. The molecule has 1 atom stereocenters. The van der Waals surface area contributed by atoms with Gasteiger partial charge in [0, 0.05) is 19.3 Å². The Bertz CT molecular complexity index is 1600. The van der Waals surface area contributed by atoms with Crippen LogP contribution in [0.4, 0.5) is 0 Å². The maximum Gasteiger partial charge on any atom is 0.306 e. The van der Waals surface area contributed by atoms with Gasteiger partial charge in [-0.3, -0.25) is 14.4 Å². The molecule has 0 spiro atoms. The number of hydrogen-bond donors (Lipinski definition) is 0. The van der Waals surface area contributed by atoms with E-state index in [-0.39, 0.29) is 31.1 Å². The third kappa shape index (κ3) is 62.5. The van der Waals surface area contributed by atoms with E-state index in [1.165, 1.54) is 103 Å². The molecule has 0 aliphatic carbocycles. The van der Waals surface area contributed by atoms with Crippen molar-refractivity contribution in [3.8, 4) is 0 Å². The highest BCUT2D eigenvalue weighted by Crippen LogP contribution is 2.16. The van der Waals surface area contributed by atoms with Crippen molar-refractivity contribution >= 4 is 17.9 Å². The molecule has 0 aromatic rings. The Morgan fingerprint density at radius 1 is 0.273 bits per heavy atom. The molecule has 0 saturated heterocycles. The molecule has 0 radical (unpaired) electrons. The van der Waals surface area contributed by atoms with Crippen molar-refractivity contribution in [3.05, 3.63) is 122 Å². The standard InChI is InChI=1S/C71H118O6/c1-4-7-10-13-16-19-22-24-26-28-30-32-33-34-35-36-37-39-40-42-44-46-49-52-55-58-61-64-70(73)76-67-68(66-75-69(72)63-60-57-54-51-48-21-18-15-12-9-6-3)77-71(74)65-62-59-56-53-50-47-45-43-41-38-31-29-27-25-23-20-17-14-11-8-5-2/h7-8,10-11,15-20,24-27,30-32,38,43,45,68H,4-6,9,12-14,21-23,28-29,33-37,39-42,44,46-67H2,1-3H3/b10-7-,11-8-,18-15-,19-16-,20-17-,26-24-,27-25-,32-30-,38-31-,45-43-. The average Bonchev–Trinajstić information content (AvgIpc) is 3.43. The van der Waals surface area contributed by atoms with Gasteiger partial charge in [0.1, 0.15) is 13.2 Å². The fourth-order valence-corrected chi connectivity index (χ4v) is 8.68. The highest BCUT2D eigenvalue weighted by molar-refractivity contribution is 5.71. The van der Waals surface area contributed by atoms with Crippen molar-refractivity contribution in [2.75, 3.05) is 13.2 Å². The summed E-state index contributed by atoms with van der Waals surface area (Å²) in [5.41, 5.74) is 0. The Morgan fingerprint density at radius 2 is 0.506 bits per heavy atom. The summed E-state index contributed by atoms with van der Waals surface area (Å²) in [7, 11) is 0. The Hall–Kier alpha value is -4.19. The lowest BCUT2D eigenvalue weighted by Crippen LogP contribution is -2.30. The summed E-state index contributed by atoms with van der Waals surface area (Å²) >= 11 is 0. The molecule has 0 aliphatic rings. The smallest absolute Gasteiger partial charge is 0.306 e. The van der Waals surface area contributed by atoms with Crippen LogP contribution in [0.1, 0.15) is 290 Å². The zero-order valence-electron chi connectivity index (χ0n) is 50.2. The van der Waals surface area contributed by atoms with Gasteiger partial charge >= 0.3 is 17.9 Å². The van der Waals surface area contributed by atoms with Gasteiger partial charge in [-0.25, -0.2) is 0 Å². The van der Waals surface area contributed by atoms with Gasteiger partial charge in [0.25, 0.3) is 0 Å². The van der Waals surface area contributed by atoms with Crippen molar-refractivity contribution in [2.45, 2.75) is 297 Å². The van der Waals surface area contributed by atoms with Gasteiger partial charge in [-0.2, -0.15) is 0 Å². The van der Waals surface area contributed by atoms with E-state index in [9.17, 15) is 14.4 Å². The molecule has 438 valence electrons. The summed E-state index contributed by atoms with van der Waals surface area (Å²) in [5.74, 6) is -0.915. The van der Waals surface area contributed by atoms with Crippen LogP contribution in [0.3, 0.4) is 0 Å². The highest BCUT2D eigenvalue weighted by Gasteiger charge is 2.19. The quantitative estimate of drug-likeness (QED) is 0.0261. The molecule has 6 heteroatoms. The lowest BCUT2D eigenvalue weighted by atomic mass is 10.0. The number of esters is 3. The van der Waals surface area contributed by atoms with Crippen LogP contribution in [-0.4, -0.2) is 37.2 Å². The second-order valence-electron chi connectivity index (χ2n) is 20.9. The van der Waals surface area contributed by atoms with Gasteiger partial charge in [-0.15, -0.1) is 0 Å². The minimum atomic E-state index is -0.795. The Balaban J connectivity index is 4.30. The first-order valence-electron chi connectivity index (χ1n) is 32.0. The first kappa shape index (κ1) is 72.8. The normalized spacial score (nSPS) is 12.9. The molecule has 0 N–H and O–H groups in total. The van der Waals surface area contributed by atoms with E-state index in [4.69, 9.17) is 14.2 Å². The predicted octanol–water partition coefficient (Wildman–Crippen LogP) is 22.0. The number of carbonyl (C=O) groups excluding carboxylic acids is 3. The van der Waals surface area contributed by atoms with E-state index in [0.717, 1.165) is 148 Å². The first-order chi connectivity index (χ1) is 38.0. The third-order valence-corrected chi connectivity index (χ3v) is 13.4. The van der Waals surface area contributed by atoms with Crippen molar-refractivity contribution in [2.24, 2.45) is 0 Å². The van der Waals surface area contributed by atoms with Crippen molar-refractivity contribution in [1.82, 2.24) is 0 Å². The maximum atomic E-state index is 12.9. The SMILES string of the molecule is CC/C=C\C/C=C\C/C=C\C/C=C\C/C=C\CCCCCCCC(=O)OC(COC(=O)CCCCCCC/C=C\CCCC)COC(=O)CCCCCCCCCCCCCCCC/C=C\C/C=C\C/C=C\C/C=C\CC. The summed E-state index contributed by atoms with van der Waals surface area (Å²) in [5, 5.41) is 0. The fourth-order valence-electron chi connectivity index (χ4n) is 8.68. The third-order valence-electron chi connectivity index (χ3n) is 13.4. The second kappa shape index (κ2) is 64.3. The number of hydrogen-bond acceptors (Lipinski definition) is 6. The van der Waals surface area contributed by atoms with E-state index in [1.807, 2.05) is 0 Å². The number of unbranched alkanes of at least 4 members (excludes halogenated alkanes) is 26. The molecule has 1 unspecified atom stereocenters. The molecule has 77 heavy (non-hydrogen) atoms. The molecular formula is C71H118O6. The molecular weight excluding hydrogens is 949 g/mol. The van der Waals surface area contributed by atoms with Crippen LogP contribution >= 0.6 is 0 Å². The molecule has 0 amide bonds. The van der Waals surface area contributed by atoms with Crippen LogP contribution in [0.25, 0.3) is 0 Å². The van der Waals surface area contributed by atoms with Crippen LogP contribution in [0, 0.1) is 0 Å². The zero-order chi connectivity index (χ0) is 55.7. The van der Waals surface area contributed by atoms with Crippen LogP contribution in [0.2, 0.25) is 0 Å². The molecule has 0 heterocycles. The van der Waals surface area contributed by atoms with Crippen LogP contribution < -0.4 is 0 Å². The number of allylic oxidation sites excluding steroid dienone is 20. The largest absolute Gasteiger partial charge is 0.462 e. The second-order valence-corrected chi connectivity index (χ2v) is 20.9. The lowest BCUT2D eigenvalue weighted by Gasteiger charge is -2.18. The van der Waals surface area contributed by atoms with E-state index in [2.05, 4.69) is 142 Å². The number of rotatable bonds is 57. The van der Waals surface area contributed by atoms with Gasteiger partial charge in [-0.05, 0) is 122 Å². The summed E-state index contributed by atoms with van der Waals surface area (Å²) in [4.78, 5) is 38.3. The highest BCUT2D eigenvalue weighted by atomic mass is 16.6. The maximum absolute atomic E-state index is 12.9. The Kier molecular flexibility index (Phi) is 60.8. The molecule has 0 aliphatic heterocycles. The van der Waals surface area contributed by atoms with Crippen molar-refractivity contribution in [1.29, 1.82) is 0 Å². The van der Waals surface area contributed by atoms with Crippen molar-refractivity contribution in [3.63, 3.8) is 0 Å². The van der Waals surface area contributed by atoms with E-state index >= 15 is 0 Å². The lowest BCUT2D eigenvalue weighted by molar-refractivity contribution is -0.167. The topological polar surface area (TPSA) is 78.9 Å². The molecule has 0 aromatic carbocycles. The molecule has 0 aromatic heterocycles. The first-order valence-corrected chi connectivity index (χ1v) is 32.0. The van der Waals surface area contributed by atoms with Gasteiger partial charge in [0.2, 0.25) is 0 Å². The predicted molar refractivity (Wildman–Crippen MR) is 334 cm³/mol. The zero-order valence-corrected chi connectivity index (χ0v) is 50.2. The summed E-state index contributed by atoms with van der Waals surface area (Å²) < 4.78 is 16.9. The van der Waals surface area contributed by atoms with E-state index < -0.39 is 6.10 Å². The molecule has 0 bridgehead atoms. The van der Waals surface area contributed by atoms with E-state index in [0.29, 0.717) is 19.3 Å². The van der Waals surface area contributed by atoms with Gasteiger partial charge in [-0.1, -0.05) is 271 Å².